The molecular weight excluding hydrogens is 398 g/mol. The fourth-order valence-corrected chi connectivity index (χ4v) is 5.57. The second kappa shape index (κ2) is 7.31. The first-order valence-corrected chi connectivity index (χ1v) is 11.5. The van der Waals surface area contributed by atoms with Gasteiger partial charge in [0.15, 0.2) is 0 Å². The molecule has 7 nitrogen and oxygen atoms in total. The molecule has 3 N–H and O–H groups in total. The van der Waals surface area contributed by atoms with Gasteiger partial charge in [0, 0.05) is 17.0 Å². The molecule has 148 valence electrons. The van der Waals surface area contributed by atoms with Crippen LogP contribution >= 0.6 is 11.3 Å². The lowest BCUT2D eigenvalue weighted by atomic mass is 9.90. The lowest BCUT2D eigenvalue weighted by Crippen LogP contribution is -2.41. The van der Waals surface area contributed by atoms with Gasteiger partial charge in [-0.1, -0.05) is 6.92 Å². The van der Waals surface area contributed by atoms with Crippen molar-refractivity contribution < 1.29 is 18.0 Å². The molecule has 2 aromatic rings. The number of hydrazine groups is 1. The predicted molar refractivity (Wildman–Crippen MR) is 107 cm³/mol. The zero-order valence-corrected chi connectivity index (χ0v) is 17.0. The van der Waals surface area contributed by atoms with Crippen LogP contribution in [0.15, 0.2) is 29.2 Å². The van der Waals surface area contributed by atoms with Gasteiger partial charge < -0.3 is 5.32 Å². The number of amides is 2. The Kier molecular flexibility index (Phi) is 4.98. The van der Waals surface area contributed by atoms with Crippen molar-refractivity contribution in [1.29, 1.82) is 0 Å². The Hall–Kier alpha value is -2.23. The molecule has 1 aromatic carbocycles. The van der Waals surface area contributed by atoms with E-state index in [4.69, 9.17) is 0 Å². The highest BCUT2D eigenvalue weighted by Gasteiger charge is 2.23. The van der Waals surface area contributed by atoms with Crippen LogP contribution in [0.5, 0.6) is 0 Å². The van der Waals surface area contributed by atoms with E-state index in [0.29, 0.717) is 29.3 Å². The van der Waals surface area contributed by atoms with E-state index in [9.17, 15) is 18.0 Å². The van der Waals surface area contributed by atoms with Crippen LogP contribution in [0.1, 0.15) is 45.4 Å². The number of thiophene rings is 1. The molecule has 28 heavy (non-hydrogen) atoms. The number of rotatable bonds is 4. The molecule has 0 radical (unpaired) electrons. The Morgan fingerprint density at radius 1 is 1.18 bits per heavy atom. The molecule has 0 fully saturated rings. The van der Waals surface area contributed by atoms with Crippen molar-refractivity contribution in [3.63, 3.8) is 0 Å². The number of fused-ring (bicyclic) bond motifs is 2. The molecular formula is C19H21N3O4S2. The number of carbonyl (C=O) groups is 2. The second-order valence-corrected chi connectivity index (χ2v) is 10.2. The van der Waals surface area contributed by atoms with Gasteiger partial charge in [-0.05, 0) is 67.0 Å². The lowest BCUT2D eigenvalue weighted by Gasteiger charge is -2.17. The Morgan fingerprint density at radius 3 is 2.82 bits per heavy atom. The van der Waals surface area contributed by atoms with Crippen molar-refractivity contribution in [3.8, 4) is 0 Å². The van der Waals surface area contributed by atoms with Gasteiger partial charge in [-0.25, -0.2) is 8.42 Å². The van der Waals surface area contributed by atoms with Crippen molar-refractivity contribution in [1.82, 2.24) is 10.3 Å². The van der Waals surface area contributed by atoms with Crippen LogP contribution in [-0.4, -0.2) is 20.2 Å². The topological polar surface area (TPSA) is 104 Å². The summed E-state index contributed by atoms with van der Waals surface area (Å²) in [5, 5.41) is 2.71. The number of nitrogens with one attached hydrogen (secondary N) is 3. The molecule has 2 amide bonds. The highest BCUT2D eigenvalue weighted by molar-refractivity contribution is 7.89. The van der Waals surface area contributed by atoms with Crippen LogP contribution in [0.4, 0.5) is 5.69 Å². The zero-order chi connectivity index (χ0) is 19.9. The SMILES string of the molecule is C[C@@H]1CCc2sc(C(=O)NNS(=O)(=O)c3ccc4c(c3)CCC(=O)N4)cc2C1. The fourth-order valence-electron chi connectivity index (χ4n) is 3.58. The Balaban J connectivity index is 1.45. The number of aryl methyl sites for hydroxylation is 2. The van der Waals surface area contributed by atoms with Crippen LogP contribution in [-0.2, 0) is 34.1 Å². The van der Waals surface area contributed by atoms with Gasteiger partial charge in [0.1, 0.15) is 0 Å². The highest BCUT2D eigenvalue weighted by Crippen LogP contribution is 2.32. The van der Waals surface area contributed by atoms with E-state index >= 15 is 0 Å². The minimum absolute atomic E-state index is 0.0435. The van der Waals surface area contributed by atoms with Crippen LogP contribution in [0, 0.1) is 5.92 Å². The number of anilines is 1. The van der Waals surface area contributed by atoms with Gasteiger partial charge >= 0.3 is 0 Å². The number of carbonyl (C=O) groups excluding carboxylic acids is 2. The summed E-state index contributed by atoms with van der Waals surface area (Å²) in [7, 11) is -3.91. The van der Waals surface area contributed by atoms with E-state index in [2.05, 4.69) is 22.5 Å². The first-order valence-electron chi connectivity index (χ1n) is 9.18. The average molecular weight is 420 g/mol. The normalized spacial score (nSPS) is 18.8. The largest absolute Gasteiger partial charge is 0.326 e. The van der Waals surface area contributed by atoms with Crippen LogP contribution < -0.4 is 15.6 Å². The summed E-state index contributed by atoms with van der Waals surface area (Å²) in [5.74, 6) is 0.0627. The van der Waals surface area contributed by atoms with E-state index in [1.807, 2.05) is 6.07 Å². The molecule has 4 rings (SSSR count). The summed E-state index contributed by atoms with van der Waals surface area (Å²) in [4.78, 5) is 27.8. The van der Waals surface area contributed by atoms with Gasteiger partial charge in [0.25, 0.3) is 15.9 Å². The first kappa shape index (κ1) is 19.1. The molecule has 2 aliphatic rings. The third-order valence-electron chi connectivity index (χ3n) is 5.13. The van der Waals surface area contributed by atoms with Gasteiger partial charge in [-0.15, -0.1) is 16.2 Å². The smallest absolute Gasteiger partial charge is 0.276 e. The standard InChI is InChI=1S/C19H21N3O4S2/c1-11-2-6-16-13(8-11)10-17(27-16)19(24)21-22-28(25,26)14-4-5-15-12(9-14)3-7-18(23)20-15/h4-5,9-11,22H,2-3,6-8H2,1H3,(H,20,23)(H,21,24)/t11-/m1/s1. The molecule has 9 heteroatoms. The summed E-state index contributed by atoms with van der Waals surface area (Å²) in [5.41, 5.74) is 4.88. The molecule has 0 spiro atoms. The second-order valence-electron chi connectivity index (χ2n) is 7.33. The van der Waals surface area contributed by atoms with Crippen LogP contribution in [0.2, 0.25) is 0 Å². The van der Waals surface area contributed by atoms with E-state index in [1.165, 1.54) is 33.9 Å². The maximum absolute atomic E-state index is 12.5. The summed E-state index contributed by atoms with van der Waals surface area (Å²) in [6.45, 7) is 2.19. The number of benzene rings is 1. The minimum atomic E-state index is -3.91. The summed E-state index contributed by atoms with van der Waals surface area (Å²) in [6, 6.07) is 6.36. The highest BCUT2D eigenvalue weighted by atomic mass is 32.2. The fraction of sp³-hybridized carbons (Fsp3) is 0.368. The van der Waals surface area contributed by atoms with E-state index in [0.717, 1.165) is 24.8 Å². The van der Waals surface area contributed by atoms with Gasteiger partial charge in [-0.3, -0.25) is 15.0 Å². The van der Waals surface area contributed by atoms with Crippen molar-refractivity contribution in [2.75, 3.05) is 5.32 Å². The predicted octanol–water partition coefficient (Wildman–Crippen LogP) is 2.38. The summed E-state index contributed by atoms with van der Waals surface area (Å²) >= 11 is 1.42. The third kappa shape index (κ3) is 3.82. The molecule has 0 unspecified atom stereocenters. The van der Waals surface area contributed by atoms with Crippen LogP contribution in [0.3, 0.4) is 0 Å². The zero-order valence-electron chi connectivity index (χ0n) is 15.4. The summed E-state index contributed by atoms with van der Waals surface area (Å²) in [6.07, 6.45) is 3.83. The number of hydrogen-bond acceptors (Lipinski definition) is 5. The lowest BCUT2D eigenvalue weighted by molar-refractivity contribution is -0.116. The van der Waals surface area contributed by atoms with Crippen molar-refractivity contribution in [2.45, 2.75) is 43.9 Å². The average Bonchev–Trinajstić information content (AvgIpc) is 3.09. The molecule has 1 aromatic heterocycles. The minimum Gasteiger partial charge on any atom is -0.326 e. The third-order valence-corrected chi connectivity index (χ3v) is 7.62. The van der Waals surface area contributed by atoms with E-state index < -0.39 is 15.9 Å². The van der Waals surface area contributed by atoms with E-state index in [1.54, 1.807) is 6.07 Å². The Bertz CT molecular complexity index is 1060. The Labute approximate surface area is 167 Å². The molecule has 1 aliphatic carbocycles. The molecule has 0 bridgehead atoms. The van der Waals surface area contributed by atoms with Gasteiger partial charge in [-0.2, -0.15) is 0 Å². The molecule has 1 aliphatic heterocycles. The molecule has 1 atom stereocenters. The maximum Gasteiger partial charge on any atom is 0.276 e. The van der Waals surface area contributed by atoms with Gasteiger partial charge in [0.2, 0.25) is 5.91 Å². The summed E-state index contributed by atoms with van der Waals surface area (Å²) < 4.78 is 25.1. The van der Waals surface area contributed by atoms with Crippen molar-refractivity contribution >= 4 is 38.9 Å². The first-order chi connectivity index (χ1) is 13.3. The van der Waals surface area contributed by atoms with Gasteiger partial charge in [0.05, 0.1) is 9.77 Å². The monoisotopic (exact) mass is 419 g/mol. The quantitative estimate of drug-likeness (QED) is 0.662. The van der Waals surface area contributed by atoms with Crippen molar-refractivity contribution in [3.05, 3.63) is 45.1 Å². The number of hydrogen-bond donors (Lipinski definition) is 3. The number of sulfonamides is 1. The molecule has 0 saturated heterocycles. The maximum atomic E-state index is 12.5. The van der Waals surface area contributed by atoms with E-state index in [-0.39, 0.29) is 10.8 Å². The molecule has 0 saturated carbocycles. The van der Waals surface area contributed by atoms with Crippen molar-refractivity contribution in [2.24, 2.45) is 5.92 Å². The molecule has 2 heterocycles. The Morgan fingerprint density at radius 2 is 2.00 bits per heavy atom. The van der Waals surface area contributed by atoms with Crippen LogP contribution in [0.25, 0.3) is 0 Å².